The number of benzene rings is 2. The summed E-state index contributed by atoms with van der Waals surface area (Å²) in [5.74, 6) is 0.295. The number of hydrogen-bond acceptors (Lipinski definition) is 8. The highest BCUT2D eigenvalue weighted by Crippen LogP contribution is 2.20. The van der Waals surface area contributed by atoms with Crippen molar-refractivity contribution < 1.29 is 19.2 Å². The van der Waals surface area contributed by atoms with E-state index in [1.807, 2.05) is 6.92 Å². The molecule has 0 saturated carbocycles. The predicted octanol–water partition coefficient (Wildman–Crippen LogP) is 4.04. The molecule has 0 atom stereocenters. The molecule has 3 rings (SSSR count). The van der Waals surface area contributed by atoms with Gasteiger partial charge in [-0.2, -0.15) is 4.98 Å². The normalized spacial score (nSPS) is 10.7. The van der Waals surface area contributed by atoms with Gasteiger partial charge in [-0.05, 0) is 24.6 Å². The summed E-state index contributed by atoms with van der Waals surface area (Å²) in [4.78, 5) is 39.6. The van der Waals surface area contributed by atoms with Gasteiger partial charge in [0.25, 0.3) is 17.3 Å². The Morgan fingerprint density at radius 1 is 1.03 bits per heavy atom. The van der Waals surface area contributed by atoms with Crippen LogP contribution in [0.5, 0.6) is 0 Å². The molecule has 11 heteroatoms. The second-order valence-corrected chi connectivity index (χ2v) is 7.02. The number of non-ortho nitro benzene ring substituents is 2. The molecule has 0 aliphatic rings. The predicted molar refractivity (Wildman–Crippen MR) is 114 cm³/mol. The Morgan fingerprint density at radius 3 is 2.41 bits per heavy atom. The minimum atomic E-state index is -0.536. The van der Waals surface area contributed by atoms with Gasteiger partial charge < -0.3 is 9.42 Å². The molecule has 2 aromatic carbocycles. The Kier molecular flexibility index (Phi) is 7.21. The zero-order valence-electron chi connectivity index (χ0n) is 17.3. The van der Waals surface area contributed by atoms with Crippen LogP contribution in [0.3, 0.4) is 0 Å². The first-order valence-electron chi connectivity index (χ1n) is 10.00. The van der Waals surface area contributed by atoms with Gasteiger partial charge in [-0.15, -0.1) is 0 Å². The molecule has 0 radical (unpaired) electrons. The fourth-order valence-corrected chi connectivity index (χ4v) is 3.04. The largest absolute Gasteiger partial charge is 0.339 e. The van der Waals surface area contributed by atoms with Crippen molar-refractivity contribution in [2.24, 2.45) is 0 Å². The first kappa shape index (κ1) is 22.5. The minimum absolute atomic E-state index is 0.0382. The highest BCUT2D eigenvalue weighted by Gasteiger charge is 2.19. The molecule has 1 heterocycles. The molecule has 166 valence electrons. The molecule has 11 nitrogen and oxygen atoms in total. The molecular formula is C21H21N5O6. The van der Waals surface area contributed by atoms with Crippen molar-refractivity contribution in [3.05, 3.63) is 80.2 Å². The summed E-state index contributed by atoms with van der Waals surface area (Å²) in [5.41, 5.74) is 0.633. The molecule has 32 heavy (non-hydrogen) atoms. The minimum Gasteiger partial charge on any atom is -0.339 e. The van der Waals surface area contributed by atoms with Gasteiger partial charge in [0.2, 0.25) is 11.7 Å². The maximum atomic E-state index is 12.9. The number of rotatable bonds is 10. The average Bonchev–Trinajstić information content (AvgIpc) is 3.28. The van der Waals surface area contributed by atoms with E-state index >= 15 is 0 Å². The summed E-state index contributed by atoms with van der Waals surface area (Å²) in [6.45, 7) is 2.79. The zero-order valence-corrected chi connectivity index (χ0v) is 17.3. The molecule has 1 aromatic heterocycles. The molecular weight excluding hydrogens is 418 g/mol. The van der Waals surface area contributed by atoms with Crippen molar-refractivity contribution in [2.75, 3.05) is 13.1 Å². The monoisotopic (exact) mass is 439 g/mol. The number of hydrogen-bond donors (Lipinski definition) is 0. The van der Waals surface area contributed by atoms with E-state index in [4.69, 9.17) is 4.52 Å². The van der Waals surface area contributed by atoms with E-state index in [0.29, 0.717) is 36.8 Å². The molecule has 1 amide bonds. The molecule has 0 fully saturated rings. The van der Waals surface area contributed by atoms with E-state index < -0.39 is 9.85 Å². The van der Waals surface area contributed by atoms with Gasteiger partial charge in [0.15, 0.2) is 0 Å². The van der Waals surface area contributed by atoms with E-state index in [-0.39, 0.29) is 22.8 Å². The van der Waals surface area contributed by atoms with Crippen LogP contribution in [0.25, 0.3) is 11.4 Å². The van der Waals surface area contributed by atoms with Crippen molar-refractivity contribution in [1.82, 2.24) is 15.0 Å². The van der Waals surface area contributed by atoms with Crippen LogP contribution in [0.4, 0.5) is 11.4 Å². The van der Waals surface area contributed by atoms with Crippen LogP contribution in [-0.2, 0) is 6.42 Å². The first-order valence-corrected chi connectivity index (χ1v) is 10.00. The Labute approximate surface area is 183 Å². The van der Waals surface area contributed by atoms with Gasteiger partial charge in [-0.1, -0.05) is 24.6 Å². The van der Waals surface area contributed by atoms with E-state index in [1.54, 1.807) is 11.0 Å². The summed E-state index contributed by atoms with van der Waals surface area (Å²) in [6.07, 6.45) is 1.95. The quantitative estimate of drug-likeness (QED) is 0.340. The summed E-state index contributed by atoms with van der Waals surface area (Å²) >= 11 is 0. The van der Waals surface area contributed by atoms with Gasteiger partial charge >= 0.3 is 0 Å². The molecule has 0 N–H and O–H groups in total. The lowest BCUT2D eigenvalue weighted by molar-refractivity contribution is -0.385. The maximum absolute atomic E-state index is 12.9. The number of aromatic nitrogens is 2. The maximum Gasteiger partial charge on any atom is 0.270 e. The van der Waals surface area contributed by atoms with Gasteiger partial charge in [-0.25, -0.2) is 0 Å². The number of carbonyl (C=O) groups is 1. The number of nitro benzene ring substituents is 2. The van der Waals surface area contributed by atoms with Gasteiger partial charge in [-0.3, -0.25) is 25.0 Å². The Morgan fingerprint density at radius 2 is 1.75 bits per heavy atom. The van der Waals surface area contributed by atoms with Crippen LogP contribution in [-0.4, -0.2) is 43.9 Å². The number of nitro groups is 2. The van der Waals surface area contributed by atoms with Gasteiger partial charge in [0.05, 0.1) is 9.85 Å². The van der Waals surface area contributed by atoms with Crippen molar-refractivity contribution >= 4 is 17.3 Å². The van der Waals surface area contributed by atoms with Crippen LogP contribution >= 0.6 is 0 Å². The second-order valence-electron chi connectivity index (χ2n) is 7.02. The lowest BCUT2D eigenvalue weighted by atomic mass is 10.1. The highest BCUT2D eigenvalue weighted by atomic mass is 16.6. The molecule has 3 aromatic rings. The summed E-state index contributed by atoms with van der Waals surface area (Å²) < 4.78 is 5.27. The Bertz CT molecular complexity index is 1110. The fourth-order valence-electron chi connectivity index (χ4n) is 3.04. The van der Waals surface area contributed by atoms with Crippen molar-refractivity contribution in [3.8, 4) is 11.4 Å². The average molecular weight is 439 g/mol. The third-order valence-corrected chi connectivity index (χ3v) is 4.77. The molecule has 0 unspecified atom stereocenters. The van der Waals surface area contributed by atoms with E-state index in [9.17, 15) is 25.0 Å². The van der Waals surface area contributed by atoms with E-state index in [2.05, 4.69) is 10.1 Å². The highest BCUT2D eigenvalue weighted by molar-refractivity contribution is 5.94. The van der Waals surface area contributed by atoms with Crippen LogP contribution < -0.4 is 0 Å². The number of nitrogens with zero attached hydrogens (tertiary/aromatic N) is 5. The Balaban J connectivity index is 1.70. The van der Waals surface area contributed by atoms with Crippen LogP contribution in [0.2, 0.25) is 0 Å². The van der Waals surface area contributed by atoms with Gasteiger partial charge in [0, 0.05) is 54.9 Å². The third kappa shape index (κ3) is 5.50. The van der Waals surface area contributed by atoms with E-state index in [1.165, 1.54) is 42.5 Å². The number of amides is 1. The van der Waals surface area contributed by atoms with Crippen LogP contribution in [0.1, 0.15) is 36.0 Å². The first-order chi connectivity index (χ1) is 15.4. The third-order valence-electron chi connectivity index (χ3n) is 4.77. The SMILES string of the molecule is CCCCN(CCc1nc(-c2ccc([N+](=O)[O-])cc2)no1)C(=O)c1cccc([N+](=O)[O-])c1. The number of unbranched alkanes of at least 4 members (excludes halogenated alkanes) is 1. The van der Waals surface area contributed by atoms with Crippen molar-refractivity contribution in [1.29, 1.82) is 0 Å². The number of carbonyl (C=O) groups excluding carboxylic acids is 1. The summed E-state index contributed by atoms with van der Waals surface area (Å²) in [7, 11) is 0. The van der Waals surface area contributed by atoms with Crippen molar-refractivity contribution in [3.63, 3.8) is 0 Å². The molecule has 0 saturated heterocycles. The lowest BCUT2D eigenvalue weighted by Gasteiger charge is -2.22. The Hall–Kier alpha value is -4.15. The molecule has 0 bridgehead atoms. The zero-order chi connectivity index (χ0) is 23.1. The topological polar surface area (TPSA) is 146 Å². The van der Waals surface area contributed by atoms with E-state index in [0.717, 1.165) is 12.8 Å². The summed E-state index contributed by atoms with van der Waals surface area (Å²) in [5, 5.41) is 25.7. The lowest BCUT2D eigenvalue weighted by Crippen LogP contribution is -2.34. The van der Waals surface area contributed by atoms with Crippen LogP contribution in [0.15, 0.2) is 53.1 Å². The fraction of sp³-hybridized carbons (Fsp3) is 0.286. The second kappa shape index (κ2) is 10.2. The molecule has 0 spiro atoms. The molecule has 0 aliphatic heterocycles. The van der Waals surface area contributed by atoms with Gasteiger partial charge in [0.1, 0.15) is 0 Å². The van der Waals surface area contributed by atoms with Crippen molar-refractivity contribution in [2.45, 2.75) is 26.2 Å². The standard InChI is InChI=1S/C21H21N5O6/c1-2-3-12-24(21(27)16-5-4-6-18(14-16)26(30)31)13-11-19-22-20(23-32-19)15-7-9-17(10-8-15)25(28)29/h4-10,14H,2-3,11-13H2,1H3. The smallest absolute Gasteiger partial charge is 0.270 e. The summed E-state index contributed by atoms with van der Waals surface area (Å²) in [6, 6.07) is 11.4. The van der Waals surface area contributed by atoms with Crippen LogP contribution in [0, 0.1) is 20.2 Å². The molecule has 0 aliphatic carbocycles.